The van der Waals surface area contributed by atoms with E-state index >= 15 is 0 Å². The number of piperidine rings is 1. The lowest BCUT2D eigenvalue weighted by Crippen LogP contribution is -2.46. The van der Waals surface area contributed by atoms with Crippen molar-refractivity contribution in [2.75, 3.05) is 18.4 Å². The van der Waals surface area contributed by atoms with Crippen molar-refractivity contribution in [1.29, 1.82) is 0 Å². The topological polar surface area (TPSA) is 105 Å². The lowest BCUT2D eigenvalue weighted by Gasteiger charge is -2.32. The van der Waals surface area contributed by atoms with E-state index in [0.717, 1.165) is 29.7 Å². The fourth-order valence-corrected chi connectivity index (χ4v) is 4.50. The summed E-state index contributed by atoms with van der Waals surface area (Å²) in [6, 6.07) is 2.07. The number of amides is 2. The van der Waals surface area contributed by atoms with Crippen LogP contribution in [0.4, 0.5) is 5.82 Å². The van der Waals surface area contributed by atoms with E-state index in [2.05, 4.69) is 39.5 Å². The zero-order valence-corrected chi connectivity index (χ0v) is 19.5. The van der Waals surface area contributed by atoms with Crippen LogP contribution in [0.2, 0.25) is 0 Å². The molecule has 0 bridgehead atoms. The number of anilines is 1. The Morgan fingerprint density at radius 3 is 2.75 bits per heavy atom. The first-order valence-corrected chi connectivity index (χ1v) is 12.0. The second-order valence-electron chi connectivity index (χ2n) is 8.11. The highest BCUT2D eigenvalue weighted by atomic mass is 32.1. The van der Waals surface area contributed by atoms with Gasteiger partial charge in [-0.1, -0.05) is 13.8 Å². The zero-order valence-electron chi connectivity index (χ0n) is 18.7. The lowest BCUT2D eigenvalue weighted by atomic mass is 10.0. The monoisotopic (exact) mass is 455 g/mol. The van der Waals surface area contributed by atoms with Crippen molar-refractivity contribution < 1.29 is 9.59 Å². The maximum Gasteiger partial charge on any atom is 0.272 e. The molecule has 0 unspecified atom stereocenters. The van der Waals surface area contributed by atoms with Crippen LogP contribution in [0.3, 0.4) is 0 Å². The van der Waals surface area contributed by atoms with Crippen LogP contribution in [0, 0.1) is 0 Å². The number of thiazole rings is 1. The third-order valence-corrected chi connectivity index (χ3v) is 6.68. The van der Waals surface area contributed by atoms with Crippen LogP contribution < -0.4 is 10.6 Å². The van der Waals surface area contributed by atoms with Crippen molar-refractivity contribution >= 4 is 33.8 Å². The Balaban J connectivity index is 1.58. The number of rotatable bonds is 7. The fourth-order valence-electron chi connectivity index (χ4n) is 3.70. The average Bonchev–Trinajstić information content (AvgIpc) is 3.43. The number of fused-ring (bicyclic) bond motifs is 1. The molecule has 9 nitrogen and oxygen atoms in total. The predicted octanol–water partition coefficient (Wildman–Crippen LogP) is 3.19. The highest BCUT2D eigenvalue weighted by molar-refractivity contribution is 7.16. The van der Waals surface area contributed by atoms with E-state index in [1.165, 1.54) is 0 Å². The molecule has 0 spiro atoms. The van der Waals surface area contributed by atoms with E-state index in [-0.39, 0.29) is 23.9 Å². The number of carbonyl (C=O) groups excluding carboxylic acids is 2. The summed E-state index contributed by atoms with van der Waals surface area (Å²) in [5.41, 5.74) is 1.18. The van der Waals surface area contributed by atoms with Gasteiger partial charge in [-0.25, -0.2) is 14.5 Å². The van der Waals surface area contributed by atoms with Gasteiger partial charge in [-0.3, -0.25) is 9.59 Å². The first-order valence-electron chi connectivity index (χ1n) is 11.1. The molecule has 1 atom stereocenters. The third kappa shape index (κ3) is 4.74. The summed E-state index contributed by atoms with van der Waals surface area (Å²) >= 11 is 1.56. The quantitative estimate of drug-likeness (QED) is 0.567. The normalized spacial score (nSPS) is 15.7. The molecule has 0 aromatic carbocycles. The van der Waals surface area contributed by atoms with E-state index in [9.17, 15) is 9.59 Å². The molecule has 10 heteroatoms. The van der Waals surface area contributed by atoms with Crippen LogP contribution >= 0.6 is 11.3 Å². The minimum Gasteiger partial charge on any atom is -0.367 e. The van der Waals surface area contributed by atoms with Crippen molar-refractivity contribution in [3.8, 4) is 11.4 Å². The number of nitrogens with one attached hydrogen (secondary N) is 2. The first-order chi connectivity index (χ1) is 15.5. The molecule has 3 aromatic rings. The predicted molar refractivity (Wildman–Crippen MR) is 125 cm³/mol. The summed E-state index contributed by atoms with van der Waals surface area (Å²) in [5.74, 6) is 1.06. The molecular formula is C22H29N7O2S. The van der Waals surface area contributed by atoms with Gasteiger partial charge < -0.3 is 15.5 Å². The maximum atomic E-state index is 13.3. The summed E-state index contributed by atoms with van der Waals surface area (Å²) in [6.07, 6.45) is 6.52. The molecular weight excluding hydrogens is 426 g/mol. The number of nitrogens with zero attached hydrogens (tertiary/aromatic N) is 5. The van der Waals surface area contributed by atoms with E-state index in [1.807, 2.05) is 23.4 Å². The Labute approximate surface area is 191 Å². The largest absolute Gasteiger partial charge is 0.367 e. The Morgan fingerprint density at radius 2 is 2.03 bits per heavy atom. The minimum absolute atomic E-state index is 0.0528. The number of likely N-dealkylation sites (tertiary alicyclic amines) is 1. The fraction of sp³-hybridized carbons (Fsp3) is 0.500. The van der Waals surface area contributed by atoms with Crippen molar-refractivity contribution in [1.82, 2.24) is 29.8 Å². The number of hydrogen-bond acceptors (Lipinski definition) is 7. The van der Waals surface area contributed by atoms with Gasteiger partial charge in [0.1, 0.15) is 16.3 Å². The van der Waals surface area contributed by atoms with Gasteiger partial charge in [-0.2, -0.15) is 5.10 Å². The standard InChI is InChI=1S/C22H29N7O2S/c1-4-14(3)24-18-12-17(21(31)28-8-6-15(7-9-28)25-19(30)5-2)26-20(27-18)16-13-23-29-10-11-32-22(16)29/h10-15H,4-9H2,1-3H3,(H,25,30)(H,24,26,27)/t14-/m0/s1. The highest BCUT2D eigenvalue weighted by Gasteiger charge is 2.26. The zero-order chi connectivity index (χ0) is 22.7. The maximum absolute atomic E-state index is 13.3. The van der Waals surface area contributed by atoms with Gasteiger partial charge in [0.15, 0.2) is 5.82 Å². The van der Waals surface area contributed by atoms with Crippen molar-refractivity contribution in [2.45, 2.75) is 58.5 Å². The van der Waals surface area contributed by atoms with Gasteiger partial charge in [0.2, 0.25) is 5.91 Å². The molecule has 170 valence electrons. The van der Waals surface area contributed by atoms with Gasteiger partial charge in [-0.05, 0) is 26.2 Å². The minimum atomic E-state index is -0.115. The van der Waals surface area contributed by atoms with Gasteiger partial charge in [-0.15, -0.1) is 11.3 Å². The molecule has 1 fully saturated rings. The van der Waals surface area contributed by atoms with Crippen LogP contribution in [-0.4, -0.2) is 61.5 Å². The molecule has 4 heterocycles. The van der Waals surface area contributed by atoms with Crippen LogP contribution in [0.5, 0.6) is 0 Å². The molecule has 0 radical (unpaired) electrons. The molecule has 32 heavy (non-hydrogen) atoms. The van der Waals surface area contributed by atoms with Crippen molar-refractivity contribution in [3.05, 3.63) is 29.5 Å². The smallest absolute Gasteiger partial charge is 0.272 e. The summed E-state index contributed by atoms with van der Waals surface area (Å²) in [5, 5.41) is 12.7. The molecule has 3 aromatic heterocycles. The van der Waals surface area contributed by atoms with Gasteiger partial charge in [0, 0.05) is 49.2 Å². The van der Waals surface area contributed by atoms with Crippen molar-refractivity contribution in [3.63, 3.8) is 0 Å². The van der Waals surface area contributed by atoms with Gasteiger partial charge in [0.25, 0.3) is 5.91 Å². The Kier molecular flexibility index (Phi) is 6.69. The molecule has 2 amide bonds. The molecule has 1 aliphatic heterocycles. The average molecular weight is 456 g/mol. The Morgan fingerprint density at radius 1 is 1.25 bits per heavy atom. The molecule has 1 saturated heterocycles. The lowest BCUT2D eigenvalue weighted by molar-refractivity contribution is -0.121. The van der Waals surface area contributed by atoms with Crippen molar-refractivity contribution in [2.24, 2.45) is 0 Å². The van der Waals surface area contributed by atoms with Gasteiger partial charge in [0.05, 0.1) is 11.8 Å². The molecule has 0 saturated carbocycles. The van der Waals surface area contributed by atoms with Crippen LogP contribution in [0.15, 0.2) is 23.8 Å². The highest BCUT2D eigenvalue weighted by Crippen LogP contribution is 2.27. The molecule has 2 N–H and O–H groups in total. The van der Waals surface area contributed by atoms with Crippen LogP contribution in [0.1, 0.15) is 56.9 Å². The third-order valence-electron chi connectivity index (χ3n) is 5.79. The number of aromatic nitrogens is 4. The van der Waals surface area contributed by atoms with E-state index < -0.39 is 0 Å². The Bertz CT molecular complexity index is 1100. The van der Waals surface area contributed by atoms with Crippen LogP contribution in [0.25, 0.3) is 16.2 Å². The van der Waals surface area contributed by atoms with E-state index in [1.54, 1.807) is 28.1 Å². The summed E-state index contributed by atoms with van der Waals surface area (Å²) in [4.78, 5) is 37.1. The summed E-state index contributed by atoms with van der Waals surface area (Å²) in [6.45, 7) is 7.19. The molecule has 0 aliphatic carbocycles. The SMILES string of the molecule is CCC(=O)NC1CCN(C(=O)c2cc(N[C@@H](C)CC)nc(-c3cnn4ccsc34)n2)CC1. The summed E-state index contributed by atoms with van der Waals surface area (Å²) in [7, 11) is 0. The van der Waals surface area contributed by atoms with E-state index in [4.69, 9.17) is 0 Å². The first kappa shape index (κ1) is 22.2. The van der Waals surface area contributed by atoms with Crippen LogP contribution in [-0.2, 0) is 4.79 Å². The van der Waals surface area contributed by atoms with E-state index in [0.29, 0.717) is 36.8 Å². The number of hydrogen-bond donors (Lipinski definition) is 2. The Hall–Kier alpha value is -3.01. The summed E-state index contributed by atoms with van der Waals surface area (Å²) < 4.78 is 1.79. The van der Waals surface area contributed by atoms with Gasteiger partial charge >= 0.3 is 0 Å². The molecule has 1 aliphatic rings. The second kappa shape index (κ2) is 9.64. The second-order valence-corrected chi connectivity index (χ2v) is 9.01. The molecule has 4 rings (SSSR count). The number of carbonyl (C=O) groups is 2.